The third-order valence-electron chi connectivity index (χ3n) is 5.71. The van der Waals surface area contributed by atoms with Gasteiger partial charge in [-0.2, -0.15) is 0 Å². The summed E-state index contributed by atoms with van der Waals surface area (Å²) in [6.07, 6.45) is 2.55. The fourth-order valence-electron chi connectivity index (χ4n) is 3.90. The molecule has 2 heterocycles. The van der Waals surface area contributed by atoms with Gasteiger partial charge in [-0.1, -0.05) is 12.1 Å². The van der Waals surface area contributed by atoms with Crippen LogP contribution in [0.5, 0.6) is 5.75 Å². The number of aromatic nitrogens is 2. The van der Waals surface area contributed by atoms with Crippen LogP contribution in [-0.4, -0.2) is 53.9 Å². The van der Waals surface area contributed by atoms with Gasteiger partial charge in [0.1, 0.15) is 11.6 Å². The molecule has 1 N–H and O–H groups in total. The van der Waals surface area contributed by atoms with E-state index in [0.29, 0.717) is 13.0 Å². The molecule has 2 aromatic rings. The van der Waals surface area contributed by atoms with Gasteiger partial charge in [-0.3, -0.25) is 9.59 Å². The Bertz CT molecular complexity index is 888. The molecular formula is C23H30N4O3. The number of likely N-dealkylation sites (tertiary alicyclic amines) is 1. The van der Waals surface area contributed by atoms with E-state index in [9.17, 15) is 9.59 Å². The molecule has 7 heteroatoms. The van der Waals surface area contributed by atoms with Crippen LogP contribution in [0.25, 0.3) is 0 Å². The summed E-state index contributed by atoms with van der Waals surface area (Å²) in [6, 6.07) is 7.61. The first-order valence-corrected chi connectivity index (χ1v) is 10.4. The van der Waals surface area contributed by atoms with Gasteiger partial charge in [-0.05, 0) is 44.4 Å². The zero-order chi connectivity index (χ0) is 21.7. The molecule has 1 saturated heterocycles. The molecule has 2 amide bonds. The maximum absolute atomic E-state index is 12.9. The lowest BCUT2D eigenvalue weighted by molar-refractivity contribution is -0.131. The molecule has 30 heavy (non-hydrogen) atoms. The Morgan fingerprint density at radius 2 is 1.80 bits per heavy atom. The Morgan fingerprint density at radius 3 is 2.40 bits per heavy atom. The van der Waals surface area contributed by atoms with Crippen molar-refractivity contribution in [2.75, 3.05) is 27.2 Å². The standard InChI is InChI=1S/C23H30N4O3/c1-15-20(13-21(28)24-3)16(2)26-23(25-15)18-6-5-11-27(14-18)22(29)12-17-7-9-19(30-4)10-8-17/h7-10,18H,5-6,11-14H2,1-4H3,(H,24,28)/t18-/m0/s1. The van der Waals surface area contributed by atoms with Gasteiger partial charge in [-0.25, -0.2) is 9.97 Å². The second kappa shape index (κ2) is 9.69. The van der Waals surface area contributed by atoms with Crippen molar-refractivity contribution in [2.24, 2.45) is 0 Å². The molecule has 0 unspecified atom stereocenters. The van der Waals surface area contributed by atoms with Gasteiger partial charge < -0.3 is 15.0 Å². The highest BCUT2D eigenvalue weighted by molar-refractivity contribution is 5.79. The maximum atomic E-state index is 12.9. The Labute approximate surface area is 177 Å². The highest BCUT2D eigenvalue weighted by atomic mass is 16.5. The number of piperidine rings is 1. The molecule has 0 bridgehead atoms. The number of nitrogens with zero attached hydrogens (tertiary/aromatic N) is 3. The number of benzene rings is 1. The lowest BCUT2D eigenvalue weighted by Crippen LogP contribution is -2.40. The second-order valence-corrected chi connectivity index (χ2v) is 7.78. The van der Waals surface area contributed by atoms with Crippen LogP contribution in [0.4, 0.5) is 0 Å². The molecule has 1 aliphatic heterocycles. The number of nitrogens with one attached hydrogen (secondary N) is 1. The lowest BCUT2D eigenvalue weighted by Gasteiger charge is -2.32. The molecule has 160 valence electrons. The number of carbonyl (C=O) groups excluding carboxylic acids is 2. The lowest BCUT2D eigenvalue weighted by atomic mass is 9.95. The summed E-state index contributed by atoms with van der Waals surface area (Å²) in [5.41, 5.74) is 3.52. The Hall–Kier alpha value is -2.96. The zero-order valence-electron chi connectivity index (χ0n) is 18.2. The van der Waals surface area contributed by atoms with Crippen molar-refractivity contribution < 1.29 is 14.3 Å². The number of hydrogen-bond acceptors (Lipinski definition) is 5. The second-order valence-electron chi connectivity index (χ2n) is 7.78. The molecule has 1 atom stereocenters. The molecule has 0 spiro atoms. The van der Waals surface area contributed by atoms with Gasteiger partial charge >= 0.3 is 0 Å². The molecule has 1 aliphatic rings. The van der Waals surface area contributed by atoms with Crippen molar-refractivity contribution in [3.05, 3.63) is 52.6 Å². The van der Waals surface area contributed by atoms with E-state index in [-0.39, 0.29) is 24.2 Å². The summed E-state index contributed by atoms with van der Waals surface area (Å²) < 4.78 is 5.18. The molecule has 1 fully saturated rings. The summed E-state index contributed by atoms with van der Waals surface area (Å²) in [6.45, 7) is 5.23. The van der Waals surface area contributed by atoms with Crippen molar-refractivity contribution in [3.8, 4) is 5.75 Å². The fraction of sp³-hybridized carbons (Fsp3) is 0.478. The van der Waals surface area contributed by atoms with Crippen molar-refractivity contribution in [3.63, 3.8) is 0 Å². The van der Waals surface area contributed by atoms with Crippen LogP contribution in [0.1, 0.15) is 47.1 Å². The first-order valence-electron chi connectivity index (χ1n) is 10.4. The van der Waals surface area contributed by atoms with Gasteiger partial charge in [0.05, 0.1) is 20.0 Å². The minimum atomic E-state index is -0.0504. The van der Waals surface area contributed by atoms with E-state index in [1.165, 1.54) is 0 Å². The molecule has 0 radical (unpaired) electrons. The minimum absolute atomic E-state index is 0.0504. The van der Waals surface area contributed by atoms with Gasteiger partial charge in [0.25, 0.3) is 0 Å². The average Bonchev–Trinajstić information content (AvgIpc) is 2.76. The maximum Gasteiger partial charge on any atom is 0.227 e. The van der Waals surface area contributed by atoms with E-state index >= 15 is 0 Å². The van der Waals surface area contributed by atoms with E-state index in [1.807, 2.05) is 43.0 Å². The molecule has 7 nitrogen and oxygen atoms in total. The topological polar surface area (TPSA) is 84.4 Å². The van der Waals surface area contributed by atoms with E-state index in [0.717, 1.165) is 53.5 Å². The highest BCUT2D eigenvalue weighted by Gasteiger charge is 2.27. The SMILES string of the molecule is CNC(=O)Cc1c(C)nc([C@H]2CCCN(C(=O)Cc3ccc(OC)cc3)C2)nc1C. The molecule has 1 aromatic heterocycles. The van der Waals surface area contributed by atoms with E-state index in [4.69, 9.17) is 14.7 Å². The van der Waals surface area contributed by atoms with E-state index in [2.05, 4.69) is 5.32 Å². The zero-order valence-corrected chi connectivity index (χ0v) is 18.2. The van der Waals surface area contributed by atoms with Crippen molar-refractivity contribution in [1.82, 2.24) is 20.2 Å². The van der Waals surface area contributed by atoms with Gasteiger partial charge in [-0.15, -0.1) is 0 Å². The molecular weight excluding hydrogens is 380 g/mol. The van der Waals surface area contributed by atoms with Crippen LogP contribution >= 0.6 is 0 Å². The number of rotatable bonds is 6. The van der Waals surface area contributed by atoms with Crippen LogP contribution in [0, 0.1) is 13.8 Å². The monoisotopic (exact) mass is 410 g/mol. The molecule has 1 aromatic carbocycles. The number of amides is 2. The summed E-state index contributed by atoms with van der Waals surface area (Å²) >= 11 is 0. The number of ether oxygens (including phenoxy) is 1. The number of hydrogen-bond donors (Lipinski definition) is 1. The fourth-order valence-corrected chi connectivity index (χ4v) is 3.90. The van der Waals surface area contributed by atoms with Gasteiger partial charge in [0, 0.05) is 43.0 Å². The predicted molar refractivity (Wildman–Crippen MR) is 115 cm³/mol. The third kappa shape index (κ3) is 5.14. The minimum Gasteiger partial charge on any atom is -0.497 e. The number of likely N-dealkylation sites (N-methyl/N-ethyl adjacent to an activating group) is 1. The van der Waals surface area contributed by atoms with Crippen LogP contribution < -0.4 is 10.1 Å². The summed E-state index contributed by atoms with van der Waals surface area (Å²) in [5, 5.41) is 2.64. The van der Waals surface area contributed by atoms with Gasteiger partial charge in [0.15, 0.2) is 0 Å². The van der Waals surface area contributed by atoms with Crippen molar-refractivity contribution in [1.29, 1.82) is 0 Å². The Balaban J connectivity index is 1.69. The first kappa shape index (κ1) is 21.7. The quantitative estimate of drug-likeness (QED) is 0.790. The van der Waals surface area contributed by atoms with E-state index < -0.39 is 0 Å². The van der Waals surface area contributed by atoms with Crippen LogP contribution in [-0.2, 0) is 22.4 Å². The summed E-state index contributed by atoms with van der Waals surface area (Å²) in [7, 11) is 3.26. The average molecular weight is 411 g/mol. The number of aryl methyl sites for hydroxylation is 2. The van der Waals surface area contributed by atoms with Crippen LogP contribution in [0.2, 0.25) is 0 Å². The largest absolute Gasteiger partial charge is 0.497 e. The normalized spacial score (nSPS) is 16.3. The smallest absolute Gasteiger partial charge is 0.227 e. The van der Waals surface area contributed by atoms with Gasteiger partial charge in [0.2, 0.25) is 11.8 Å². The summed E-state index contributed by atoms with van der Waals surface area (Å²) in [5.74, 6) is 1.74. The Morgan fingerprint density at radius 1 is 1.13 bits per heavy atom. The van der Waals surface area contributed by atoms with Crippen molar-refractivity contribution >= 4 is 11.8 Å². The van der Waals surface area contributed by atoms with Crippen LogP contribution in [0.3, 0.4) is 0 Å². The third-order valence-corrected chi connectivity index (χ3v) is 5.71. The molecule has 3 rings (SSSR count). The predicted octanol–water partition coefficient (Wildman–Crippen LogP) is 2.34. The highest BCUT2D eigenvalue weighted by Crippen LogP contribution is 2.26. The summed E-state index contributed by atoms with van der Waals surface area (Å²) in [4.78, 5) is 35.9. The van der Waals surface area contributed by atoms with Crippen LogP contribution in [0.15, 0.2) is 24.3 Å². The Kier molecular flexibility index (Phi) is 7.03. The van der Waals surface area contributed by atoms with Crippen molar-refractivity contribution in [2.45, 2.75) is 45.4 Å². The number of carbonyl (C=O) groups is 2. The van der Waals surface area contributed by atoms with E-state index in [1.54, 1.807) is 14.2 Å². The number of methoxy groups -OCH3 is 1. The first-order chi connectivity index (χ1) is 14.4. The molecule has 0 aliphatic carbocycles. The molecule has 0 saturated carbocycles.